The second kappa shape index (κ2) is 5.93. The van der Waals surface area contributed by atoms with Crippen molar-refractivity contribution in [3.63, 3.8) is 0 Å². The third-order valence-corrected chi connectivity index (χ3v) is 3.87. The predicted molar refractivity (Wildman–Crippen MR) is 58.9 cm³/mol. The van der Waals surface area contributed by atoms with E-state index in [9.17, 15) is 0 Å². The van der Waals surface area contributed by atoms with Gasteiger partial charge in [-0.1, -0.05) is 37.4 Å². The maximum absolute atomic E-state index is 5.45. The molecule has 2 heteroatoms. The standard InChI is InChI=1S/C10H17ClS/c1-9-4-2-5-10(8-9)12-7-3-6-11/h3,6,9-10H,2,4-5,7-8H2,1H3/b6-3+. The fraction of sp³-hybridized carbons (Fsp3) is 0.800. The Hall–Kier alpha value is 0.380. The minimum absolute atomic E-state index is 0.890. The van der Waals surface area contributed by atoms with Gasteiger partial charge in [-0.05, 0) is 18.8 Å². The van der Waals surface area contributed by atoms with Crippen molar-refractivity contribution in [3.05, 3.63) is 11.6 Å². The van der Waals surface area contributed by atoms with Crippen molar-refractivity contribution in [2.45, 2.75) is 37.9 Å². The zero-order valence-electron chi connectivity index (χ0n) is 7.63. The van der Waals surface area contributed by atoms with Crippen molar-refractivity contribution >= 4 is 23.4 Å². The van der Waals surface area contributed by atoms with Crippen molar-refractivity contribution in [3.8, 4) is 0 Å². The summed E-state index contributed by atoms with van der Waals surface area (Å²) in [5.74, 6) is 2.03. The highest BCUT2D eigenvalue weighted by molar-refractivity contribution is 8.00. The van der Waals surface area contributed by atoms with Crippen LogP contribution in [0.3, 0.4) is 0 Å². The highest BCUT2D eigenvalue weighted by atomic mass is 35.5. The van der Waals surface area contributed by atoms with E-state index < -0.39 is 0 Å². The fourth-order valence-electron chi connectivity index (χ4n) is 1.76. The summed E-state index contributed by atoms with van der Waals surface area (Å²) < 4.78 is 0. The molecule has 0 aromatic carbocycles. The minimum atomic E-state index is 0.890. The molecule has 2 unspecified atom stereocenters. The Morgan fingerprint density at radius 1 is 1.50 bits per heavy atom. The lowest BCUT2D eigenvalue weighted by Gasteiger charge is -2.25. The van der Waals surface area contributed by atoms with Gasteiger partial charge in [-0.2, -0.15) is 11.8 Å². The monoisotopic (exact) mass is 204 g/mol. The van der Waals surface area contributed by atoms with Crippen molar-refractivity contribution < 1.29 is 0 Å². The van der Waals surface area contributed by atoms with E-state index in [4.69, 9.17) is 11.6 Å². The number of rotatable bonds is 3. The summed E-state index contributed by atoms with van der Waals surface area (Å²) in [5, 5.41) is 0.890. The molecular formula is C10H17ClS. The Kier molecular flexibility index (Phi) is 5.17. The lowest BCUT2D eigenvalue weighted by atomic mass is 9.91. The average molecular weight is 205 g/mol. The van der Waals surface area contributed by atoms with Crippen molar-refractivity contribution in [2.75, 3.05) is 5.75 Å². The Labute approximate surface area is 84.8 Å². The largest absolute Gasteiger partial charge is 0.154 e. The molecule has 70 valence electrons. The maximum Gasteiger partial charge on any atom is 0.0127 e. The first kappa shape index (κ1) is 10.5. The summed E-state index contributed by atoms with van der Waals surface area (Å²) in [4.78, 5) is 0. The van der Waals surface area contributed by atoms with Gasteiger partial charge in [0.05, 0.1) is 0 Å². The lowest BCUT2D eigenvalue weighted by Crippen LogP contribution is -2.15. The molecule has 0 amide bonds. The predicted octanol–water partition coefficient (Wildman–Crippen LogP) is 4.05. The van der Waals surface area contributed by atoms with E-state index in [0.717, 1.165) is 16.9 Å². The van der Waals surface area contributed by atoms with E-state index in [1.54, 1.807) is 5.54 Å². The van der Waals surface area contributed by atoms with Crippen LogP contribution < -0.4 is 0 Å². The lowest BCUT2D eigenvalue weighted by molar-refractivity contribution is 0.394. The second-order valence-electron chi connectivity index (χ2n) is 3.59. The van der Waals surface area contributed by atoms with Crippen LogP contribution in [-0.2, 0) is 0 Å². The SMILES string of the molecule is CC1CCCC(SC/C=C/Cl)C1. The van der Waals surface area contributed by atoms with Crippen LogP contribution in [0.25, 0.3) is 0 Å². The molecular weight excluding hydrogens is 188 g/mol. The highest BCUT2D eigenvalue weighted by Gasteiger charge is 2.18. The quantitative estimate of drug-likeness (QED) is 0.669. The Morgan fingerprint density at radius 3 is 3.00 bits per heavy atom. The molecule has 1 aliphatic carbocycles. The van der Waals surface area contributed by atoms with E-state index in [0.29, 0.717) is 0 Å². The fourth-order valence-corrected chi connectivity index (χ4v) is 3.23. The molecule has 0 spiro atoms. The summed E-state index contributed by atoms with van der Waals surface area (Å²) in [5.41, 5.74) is 1.62. The van der Waals surface area contributed by atoms with Crippen LogP contribution in [-0.4, -0.2) is 11.0 Å². The summed E-state index contributed by atoms with van der Waals surface area (Å²) >= 11 is 7.51. The molecule has 1 rings (SSSR count). The van der Waals surface area contributed by atoms with Gasteiger partial charge in [0.25, 0.3) is 0 Å². The first-order valence-corrected chi connectivity index (χ1v) is 6.18. The molecule has 1 fully saturated rings. The Balaban J connectivity index is 2.14. The van der Waals surface area contributed by atoms with Gasteiger partial charge >= 0.3 is 0 Å². The number of halogens is 1. The first-order valence-electron chi connectivity index (χ1n) is 4.69. The third kappa shape index (κ3) is 3.86. The first-order chi connectivity index (χ1) is 5.83. The van der Waals surface area contributed by atoms with Crippen LogP contribution in [0.2, 0.25) is 0 Å². The molecule has 1 saturated carbocycles. The summed E-state index contributed by atoms with van der Waals surface area (Å²) in [6, 6.07) is 0. The Bertz CT molecular complexity index is 145. The van der Waals surface area contributed by atoms with Gasteiger partial charge in [-0.25, -0.2) is 0 Å². The van der Waals surface area contributed by atoms with E-state index in [2.05, 4.69) is 18.7 Å². The van der Waals surface area contributed by atoms with Crippen LogP contribution in [0.15, 0.2) is 11.6 Å². The summed E-state index contributed by atoms with van der Waals surface area (Å²) in [7, 11) is 0. The molecule has 0 heterocycles. The van der Waals surface area contributed by atoms with E-state index in [1.807, 2.05) is 6.08 Å². The molecule has 0 N–H and O–H groups in total. The van der Waals surface area contributed by atoms with Gasteiger partial charge in [0.2, 0.25) is 0 Å². The maximum atomic E-state index is 5.45. The molecule has 2 atom stereocenters. The van der Waals surface area contributed by atoms with Gasteiger partial charge in [0, 0.05) is 16.5 Å². The topological polar surface area (TPSA) is 0 Å². The second-order valence-corrected chi connectivity index (χ2v) is 5.17. The molecule has 1 aliphatic rings. The third-order valence-electron chi connectivity index (χ3n) is 2.41. The number of thioether (sulfide) groups is 1. The molecule has 0 aromatic rings. The zero-order valence-corrected chi connectivity index (χ0v) is 9.20. The van der Waals surface area contributed by atoms with Crippen molar-refractivity contribution in [1.29, 1.82) is 0 Å². The van der Waals surface area contributed by atoms with Gasteiger partial charge in [-0.15, -0.1) is 0 Å². The molecule has 0 aromatic heterocycles. The molecule has 0 nitrogen and oxygen atoms in total. The summed E-state index contributed by atoms with van der Waals surface area (Å²) in [6.07, 6.45) is 7.70. The smallest absolute Gasteiger partial charge is 0.0127 e. The van der Waals surface area contributed by atoms with Gasteiger partial charge in [0.15, 0.2) is 0 Å². The van der Waals surface area contributed by atoms with Crippen LogP contribution in [0.1, 0.15) is 32.6 Å². The molecule has 0 radical (unpaired) electrons. The highest BCUT2D eigenvalue weighted by Crippen LogP contribution is 2.31. The normalized spacial score (nSPS) is 31.2. The molecule has 0 aliphatic heterocycles. The number of hydrogen-bond acceptors (Lipinski definition) is 1. The van der Waals surface area contributed by atoms with Crippen LogP contribution in [0, 0.1) is 5.92 Å². The van der Waals surface area contributed by atoms with E-state index in [1.165, 1.54) is 25.7 Å². The van der Waals surface area contributed by atoms with Crippen molar-refractivity contribution in [1.82, 2.24) is 0 Å². The number of hydrogen-bond donors (Lipinski definition) is 0. The zero-order chi connectivity index (χ0) is 8.81. The minimum Gasteiger partial charge on any atom is -0.154 e. The molecule has 0 bridgehead atoms. The molecule has 12 heavy (non-hydrogen) atoms. The average Bonchev–Trinajstić information content (AvgIpc) is 2.05. The molecule has 0 saturated heterocycles. The van der Waals surface area contributed by atoms with Gasteiger partial charge < -0.3 is 0 Å². The van der Waals surface area contributed by atoms with Gasteiger partial charge in [-0.3, -0.25) is 0 Å². The van der Waals surface area contributed by atoms with Gasteiger partial charge in [0.1, 0.15) is 0 Å². The van der Waals surface area contributed by atoms with E-state index in [-0.39, 0.29) is 0 Å². The van der Waals surface area contributed by atoms with Crippen molar-refractivity contribution in [2.24, 2.45) is 5.92 Å². The van der Waals surface area contributed by atoms with Crippen LogP contribution >= 0.6 is 23.4 Å². The summed E-state index contributed by atoms with van der Waals surface area (Å²) in [6.45, 7) is 2.37. The Morgan fingerprint density at radius 2 is 2.33 bits per heavy atom. The van der Waals surface area contributed by atoms with E-state index >= 15 is 0 Å². The van der Waals surface area contributed by atoms with Crippen LogP contribution in [0.5, 0.6) is 0 Å². The van der Waals surface area contributed by atoms with Crippen LogP contribution in [0.4, 0.5) is 0 Å².